The van der Waals surface area contributed by atoms with Gasteiger partial charge in [-0.2, -0.15) is 26.3 Å². The van der Waals surface area contributed by atoms with Gasteiger partial charge in [-0.25, -0.2) is 13.2 Å². The summed E-state index contributed by atoms with van der Waals surface area (Å²) in [6.45, 7) is -2.15. The first kappa shape index (κ1) is 29.0. The van der Waals surface area contributed by atoms with E-state index in [1.165, 1.54) is 0 Å². The van der Waals surface area contributed by atoms with Crippen LogP contribution in [0.25, 0.3) is 0 Å². The number of hydrogen-bond acceptors (Lipinski definition) is 5. The molecule has 7 nitrogen and oxygen atoms in total. The molecule has 0 unspecified atom stereocenters. The predicted molar refractivity (Wildman–Crippen MR) is 124 cm³/mol. The molecule has 2 aromatic carbocycles. The summed E-state index contributed by atoms with van der Waals surface area (Å²) in [6, 6.07) is 5.20. The summed E-state index contributed by atoms with van der Waals surface area (Å²) in [5.41, 5.74) is -1.93. The summed E-state index contributed by atoms with van der Waals surface area (Å²) in [5, 5.41) is 7.88. The fraction of sp³-hybridized carbons (Fsp3) is 0.417. The predicted octanol–water partition coefficient (Wildman–Crippen LogP) is 4.86. The van der Waals surface area contributed by atoms with E-state index in [1.807, 2.05) is 0 Å². The average Bonchev–Trinajstić information content (AvgIpc) is 3.51. The van der Waals surface area contributed by atoms with E-state index < -0.39 is 85.8 Å². The second-order valence-corrected chi connectivity index (χ2v) is 12.0. The van der Waals surface area contributed by atoms with Gasteiger partial charge in [0.05, 0.1) is 26.1 Å². The topological polar surface area (TPSA) is 101 Å². The maximum atomic E-state index is 13.5. The van der Waals surface area contributed by atoms with Crippen molar-refractivity contribution in [2.75, 3.05) is 13.2 Å². The van der Waals surface area contributed by atoms with Crippen LogP contribution in [0.5, 0.6) is 5.75 Å². The molecule has 1 N–H and O–H groups in total. The number of alkyl halides is 6. The second-order valence-electron chi connectivity index (χ2n) is 9.37. The Hall–Kier alpha value is -3.00. The van der Waals surface area contributed by atoms with Crippen molar-refractivity contribution < 1.29 is 54.2 Å². The number of likely N-dealkylation sites (tertiary alicyclic amines) is 1. The molecule has 212 valence electrons. The van der Waals surface area contributed by atoms with Crippen LogP contribution < -0.4 is 4.74 Å². The monoisotopic (exact) mass is 599 g/mol. The lowest BCUT2D eigenvalue weighted by molar-refractivity contribution is -0.153. The zero-order valence-electron chi connectivity index (χ0n) is 19.7. The molecule has 1 aliphatic carbocycles. The maximum Gasteiger partial charge on any atom is 0.422 e. The Morgan fingerprint density at radius 3 is 2.15 bits per heavy atom. The lowest BCUT2D eigenvalue weighted by atomic mass is 9.93. The minimum Gasteiger partial charge on any atom is -0.484 e. The third-order valence-corrected chi connectivity index (χ3v) is 9.40. The van der Waals surface area contributed by atoms with Crippen molar-refractivity contribution in [2.45, 2.75) is 53.2 Å². The molecule has 15 heteroatoms. The first-order chi connectivity index (χ1) is 18.0. The fourth-order valence-corrected chi connectivity index (χ4v) is 6.86. The molecule has 1 saturated heterocycles. The van der Waals surface area contributed by atoms with Crippen molar-refractivity contribution in [1.29, 1.82) is 0 Å². The molecule has 2 aromatic rings. The Morgan fingerprint density at radius 2 is 1.67 bits per heavy atom. The molecule has 1 aliphatic heterocycles. The number of halogens is 7. The summed E-state index contributed by atoms with van der Waals surface area (Å²) >= 11 is 6.03. The van der Waals surface area contributed by atoms with Crippen LogP contribution >= 0.6 is 11.6 Å². The van der Waals surface area contributed by atoms with Crippen molar-refractivity contribution in [2.24, 2.45) is 0 Å². The molecule has 0 spiro atoms. The van der Waals surface area contributed by atoms with Crippen molar-refractivity contribution in [3.63, 3.8) is 0 Å². The molecule has 2 fully saturated rings. The normalized spacial score (nSPS) is 21.1. The van der Waals surface area contributed by atoms with Gasteiger partial charge in [-0.3, -0.25) is 4.79 Å². The van der Waals surface area contributed by atoms with Crippen LogP contribution in [0.2, 0.25) is 5.02 Å². The van der Waals surface area contributed by atoms with Gasteiger partial charge in [0.2, 0.25) is 5.91 Å². The van der Waals surface area contributed by atoms with E-state index in [-0.39, 0.29) is 24.2 Å². The third kappa shape index (κ3) is 5.81. The van der Waals surface area contributed by atoms with Gasteiger partial charge >= 0.3 is 18.3 Å². The van der Waals surface area contributed by atoms with Crippen molar-refractivity contribution in [3.05, 3.63) is 58.6 Å². The van der Waals surface area contributed by atoms with E-state index >= 15 is 0 Å². The number of carbonyl (C=O) groups is 2. The summed E-state index contributed by atoms with van der Waals surface area (Å²) < 4.78 is 107. The van der Waals surface area contributed by atoms with Gasteiger partial charge in [0, 0.05) is 12.6 Å². The van der Waals surface area contributed by atoms with Gasteiger partial charge in [0.15, 0.2) is 16.4 Å². The summed E-state index contributed by atoms with van der Waals surface area (Å²) in [4.78, 5) is 25.9. The number of hydrogen-bond donors (Lipinski definition) is 1. The number of aliphatic carboxylic acids is 1. The van der Waals surface area contributed by atoms with E-state index in [0.29, 0.717) is 0 Å². The van der Waals surface area contributed by atoms with Gasteiger partial charge in [-0.1, -0.05) is 23.7 Å². The first-order valence-corrected chi connectivity index (χ1v) is 13.3. The number of carboxylic acids is 1. The number of sulfone groups is 1. The number of nitrogens with zero attached hydrogens (tertiary/aromatic N) is 1. The highest BCUT2D eigenvalue weighted by Crippen LogP contribution is 2.51. The molecule has 0 aromatic heterocycles. The molecule has 1 amide bonds. The highest BCUT2D eigenvalue weighted by Gasteiger charge is 2.57. The minimum atomic E-state index is -4.64. The number of rotatable bonds is 7. The molecule has 1 saturated carbocycles. The number of carbonyl (C=O) groups excluding carboxylic acids is 1. The van der Waals surface area contributed by atoms with E-state index in [2.05, 4.69) is 4.74 Å². The Labute approximate surface area is 223 Å². The van der Waals surface area contributed by atoms with Gasteiger partial charge in [-0.05, 0) is 49.1 Å². The highest BCUT2D eigenvalue weighted by atomic mass is 35.5. The molecule has 4 rings (SSSR count). The van der Waals surface area contributed by atoms with E-state index in [9.17, 15) is 49.5 Å². The summed E-state index contributed by atoms with van der Waals surface area (Å²) in [7, 11) is -4.37. The first-order valence-electron chi connectivity index (χ1n) is 11.4. The third-order valence-electron chi connectivity index (χ3n) is 6.78. The van der Waals surface area contributed by atoms with Gasteiger partial charge in [-0.15, -0.1) is 0 Å². The largest absolute Gasteiger partial charge is 0.484 e. The van der Waals surface area contributed by atoms with Crippen LogP contribution in [-0.2, 0) is 31.0 Å². The number of amides is 1. The van der Waals surface area contributed by atoms with Crippen LogP contribution in [0.1, 0.15) is 30.4 Å². The molecule has 1 heterocycles. The molecular weight excluding hydrogens is 580 g/mol. The van der Waals surface area contributed by atoms with E-state index in [0.717, 1.165) is 47.4 Å². The lowest BCUT2D eigenvalue weighted by Gasteiger charge is -2.27. The zero-order chi connectivity index (χ0) is 29.0. The quantitative estimate of drug-likeness (QED) is 0.456. The average molecular weight is 600 g/mol. The molecule has 0 bridgehead atoms. The Morgan fingerprint density at radius 1 is 1.05 bits per heavy atom. The SMILES string of the molecule is O=C(O)[C@H]1C[C@@H](S(=O)(=O)c2ccc(OCC(F)(F)F)cc2Cl)CN1C(=O)C1(c2ccc(C(F)(F)F)cc2)CC1. The molecule has 39 heavy (non-hydrogen) atoms. The van der Waals surface area contributed by atoms with Crippen LogP contribution in [-0.4, -0.2) is 60.9 Å². The number of ether oxygens (including phenoxy) is 1. The van der Waals surface area contributed by atoms with Gasteiger partial charge in [0.25, 0.3) is 0 Å². The molecular formula is C24H20ClF6NO6S. The van der Waals surface area contributed by atoms with Crippen LogP contribution in [0, 0.1) is 0 Å². The van der Waals surface area contributed by atoms with Crippen LogP contribution in [0.3, 0.4) is 0 Å². The fourth-order valence-electron chi connectivity index (χ4n) is 4.63. The summed E-state index contributed by atoms with van der Waals surface area (Å²) in [6.07, 6.45) is -9.24. The maximum absolute atomic E-state index is 13.5. The Bertz CT molecular complexity index is 1390. The smallest absolute Gasteiger partial charge is 0.422 e. The standard InChI is InChI=1S/C24H20ClF6NO6S/c25-17-9-15(38-12-23(26,27)28)5-6-19(17)39(36,37)16-10-18(20(33)34)32(11-16)21(35)22(7-8-22)13-1-3-14(4-2-13)24(29,30)31/h1-6,9,16,18H,7-8,10-12H2,(H,33,34)/t16-,18-/m1/s1. The Kier molecular flexibility index (Phi) is 7.34. The van der Waals surface area contributed by atoms with Crippen LogP contribution in [0.15, 0.2) is 47.4 Å². The molecule has 2 aliphatic rings. The molecule has 2 atom stereocenters. The summed E-state index contributed by atoms with van der Waals surface area (Å²) in [5.74, 6) is -2.52. The Balaban J connectivity index is 1.57. The zero-order valence-corrected chi connectivity index (χ0v) is 21.3. The van der Waals surface area contributed by atoms with Crippen molar-refractivity contribution >= 4 is 33.3 Å². The molecule has 0 radical (unpaired) electrons. The minimum absolute atomic E-state index is 0.239. The highest BCUT2D eigenvalue weighted by molar-refractivity contribution is 7.92. The number of benzene rings is 2. The van der Waals surface area contributed by atoms with Gasteiger partial charge in [0.1, 0.15) is 11.8 Å². The second kappa shape index (κ2) is 9.88. The van der Waals surface area contributed by atoms with Gasteiger partial charge < -0.3 is 14.7 Å². The van der Waals surface area contributed by atoms with Crippen molar-refractivity contribution in [1.82, 2.24) is 4.90 Å². The number of carboxylic acid groups (broad SMARTS) is 1. The van der Waals surface area contributed by atoms with E-state index in [1.54, 1.807) is 0 Å². The van der Waals surface area contributed by atoms with Crippen molar-refractivity contribution in [3.8, 4) is 5.75 Å². The lowest BCUT2D eigenvalue weighted by Crippen LogP contribution is -2.46. The van der Waals surface area contributed by atoms with Crippen LogP contribution in [0.4, 0.5) is 26.3 Å². The van der Waals surface area contributed by atoms with E-state index in [4.69, 9.17) is 11.6 Å².